The minimum atomic E-state index is -0.313. The third kappa shape index (κ3) is 4.78. The van der Waals surface area contributed by atoms with Gasteiger partial charge in [0, 0.05) is 5.75 Å². The zero-order chi connectivity index (χ0) is 12.8. The second-order valence-electron chi connectivity index (χ2n) is 4.40. The van der Waals surface area contributed by atoms with Crippen LogP contribution in [-0.4, -0.2) is 27.6 Å². The van der Waals surface area contributed by atoms with Gasteiger partial charge < -0.3 is 5.73 Å². The maximum atomic E-state index is 10.7. The molecule has 2 N–H and O–H groups in total. The summed E-state index contributed by atoms with van der Waals surface area (Å²) in [6, 6.07) is 0. The number of primary amides is 1. The first kappa shape index (κ1) is 14.1. The summed E-state index contributed by atoms with van der Waals surface area (Å²) in [7, 11) is 0. The molecule has 1 fully saturated rings. The van der Waals surface area contributed by atoms with Gasteiger partial charge in [0.05, 0.1) is 5.75 Å². The van der Waals surface area contributed by atoms with E-state index in [-0.39, 0.29) is 11.7 Å². The summed E-state index contributed by atoms with van der Waals surface area (Å²) in [5.41, 5.74) is 5.09. The molecule has 0 aliphatic heterocycles. The molecule has 1 amide bonds. The van der Waals surface area contributed by atoms with E-state index in [4.69, 9.17) is 5.73 Å². The van der Waals surface area contributed by atoms with Gasteiger partial charge in [0.25, 0.3) is 0 Å². The van der Waals surface area contributed by atoms with Gasteiger partial charge in [-0.15, -0.1) is 10.2 Å². The van der Waals surface area contributed by atoms with Gasteiger partial charge in [0.15, 0.2) is 8.68 Å². The molecular formula is C11H17N3OS3. The highest BCUT2D eigenvalue weighted by atomic mass is 32.2. The Hall–Kier alpha value is -0.270. The highest BCUT2D eigenvalue weighted by molar-refractivity contribution is 8.03. The quantitative estimate of drug-likeness (QED) is 0.818. The number of aromatic nitrogens is 2. The van der Waals surface area contributed by atoms with Gasteiger partial charge in [-0.25, -0.2) is 0 Å². The number of rotatable bonds is 6. The van der Waals surface area contributed by atoms with Crippen molar-refractivity contribution in [3.63, 3.8) is 0 Å². The summed E-state index contributed by atoms with van der Waals surface area (Å²) in [4.78, 5) is 10.7. The predicted octanol–water partition coefficient (Wildman–Crippen LogP) is 2.79. The van der Waals surface area contributed by atoms with Crippen molar-refractivity contribution in [3.05, 3.63) is 0 Å². The van der Waals surface area contributed by atoms with Crippen molar-refractivity contribution in [2.45, 2.75) is 40.8 Å². The number of thioether (sulfide) groups is 2. The SMILES string of the molecule is NC(=O)CSc1nnc(SCC2CCCCC2)s1. The van der Waals surface area contributed by atoms with E-state index in [0.717, 1.165) is 20.4 Å². The number of carbonyl (C=O) groups excluding carboxylic acids is 1. The van der Waals surface area contributed by atoms with Crippen molar-refractivity contribution in [1.29, 1.82) is 0 Å². The Morgan fingerprint density at radius 1 is 1.22 bits per heavy atom. The van der Waals surface area contributed by atoms with Crippen molar-refractivity contribution >= 4 is 40.8 Å². The highest BCUT2D eigenvalue weighted by Gasteiger charge is 2.15. The van der Waals surface area contributed by atoms with Crippen molar-refractivity contribution in [1.82, 2.24) is 10.2 Å². The molecule has 4 nitrogen and oxygen atoms in total. The molecule has 0 aromatic carbocycles. The van der Waals surface area contributed by atoms with Crippen LogP contribution in [0.25, 0.3) is 0 Å². The molecule has 18 heavy (non-hydrogen) atoms. The van der Waals surface area contributed by atoms with Crippen LogP contribution in [-0.2, 0) is 4.79 Å². The van der Waals surface area contributed by atoms with E-state index in [0.29, 0.717) is 0 Å². The molecule has 0 saturated heterocycles. The molecule has 1 heterocycles. The molecule has 1 aliphatic carbocycles. The van der Waals surface area contributed by atoms with Crippen molar-refractivity contribution in [2.24, 2.45) is 11.7 Å². The summed E-state index contributed by atoms with van der Waals surface area (Å²) in [5, 5.41) is 8.19. The third-order valence-corrected chi connectivity index (χ3v) is 6.34. The predicted molar refractivity (Wildman–Crippen MR) is 77.1 cm³/mol. The largest absolute Gasteiger partial charge is 0.369 e. The molecular weight excluding hydrogens is 286 g/mol. The van der Waals surface area contributed by atoms with Crippen LogP contribution in [0.2, 0.25) is 0 Å². The minimum absolute atomic E-state index is 0.280. The molecule has 1 saturated carbocycles. The number of amides is 1. The second-order valence-corrected chi connectivity index (χ2v) is 7.87. The van der Waals surface area contributed by atoms with Crippen molar-refractivity contribution in [3.8, 4) is 0 Å². The number of hydrogen-bond acceptors (Lipinski definition) is 6. The first-order chi connectivity index (χ1) is 8.74. The topological polar surface area (TPSA) is 68.9 Å². The van der Waals surface area contributed by atoms with Crippen LogP contribution in [0, 0.1) is 5.92 Å². The van der Waals surface area contributed by atoms with E-state index in [1.807, 2.05) is 0 Å². The molecule has 0 bridgehead atoms. The first-order valence-electron chi connectivity index (χ1n) is 6.11. The number of nitrogens with two attached hydrogens (primary N) is 1. The molecule has 100 valence electrons. The fourth-order valence-corrected chi connectivity index (χ4v) is 4.96. The summed E-state index contributed by atoms with van der Waals surface area (Å²) < 4.78 is 1.84. The fraction of sp³-hybridized carbons (Fsp3) is 0.727. The third-order valence-electron chi connectivity index (χ3n) is 2.89. The highest BCUT2D eigenvalue weighted by Crippen LogP contribution is 2.33. The van der Waals surface area contributed by atoms with Gasteiger partial charge in [-0.05, 0) is 18.8 Å². The summed E-state index contributed by atoms with van der Waals surface area (Å²) in [6.45, 7) is 0. The van der Waals surface area contributed by atoms with Crippen LogP contribution in [0.15, 0.2) is 8.68 Å². The van der Waals surface area contributed by atoms with Crippen LogP contribution >= 0.6 is 34.9 Å². The van der Waals surface area contributed by atoms with Gasteiger partial charge in [-0.2, -0.15) is 0 Å². The van der Waals surface area contributed by atoms with Crippen LogP contribution in [0.5, 0.6) is 0 Å². The normalized spacial score (nSPS) is 16.9. The Bertz CT molecular complexity index is 391. The second kappa shape index (κ2) is 7.35. The van der Waals surface area contributed by atoms with E-state index in [1.54, 1.807) is 23.1 Å². The van der Waals surface area contributed by atoms with Gasteiger partial charge in [-0.1, -0.05) is 54.1 Å². The molecule has 0 atom stereocenters. The van der Waals surface area contributed by atoms with Crippen molar-refractivity contribution < 1.29 is 4.79 Å². The fourth-order valence-electron chi connectivity index (χ4n) is 1.99. The average Bonchev–Trinajstić information content (AvgIpc) is 2.83. The lowest BCUT2D eigenvalue weighted by atomic mass is 9.91. The van der Waals surface area contributed by atoms with Gasteiger partial charge in [0.2, 0.25) is 5.91 Å². The molecule has 1 aliphatic rings. The van der Waals surface area contributed by atoms with Gasteiger partial charge in [0.1, 0.15) is 0 Å². The Labute approximate surface area is 120 Å². The van der Waals surface area contributed by atoms with Crippen molar-refractivity contribution in [2.75, 3.05) is 11.5 Å². The Morgan fingerprint density at radius 3 is 2.56 bits per heavy atom. The van der Waals surface area contributed by atoms with Crippen LogP contribution in [0.3, 0.4) is 0 Å². The lowest BCUT2D eigenvalue weighted by molar-refractivity contribution is -0.115. The molecule has 0 spiro atoms. The number of hydrogen-bond donors (Lipinski definition) is 1. The molecule has 0 radical (unpaired) electrons. The lowest BCUT2D eigenvalue weighted by Crippen LogP contribution is -2.12. The van der Waals surface area contributed by atoms with E-state index < -0.39 is 0 Å². The number of carbonyl (C=O) groups is 1. The molecule has 2 rings (SSSR count). The Morgan fingerprint density at radius 2 is 1.89 bits per heavy atom. The van der Waals surface area contributed by atoms with E-state index in [2.05, 4.69) is 10.2 Å². The maximum Gasteiger partial charge on any atom is 0.227 e. The lowest BCUT2D eigenvalue weighted by Gasteiger charge is -2.20. The molecule has 1 aromatic rings. The Kier molecular flexibility index (Phi) is 5.78. The van der Waals surface area contributed by atoms with Gasteiger partial charge >= 0.3 is 0 Å². The smallest absolute Gasteiger partial charge is 0.227 e. The zero-order valence-electron chi connectivity index (χ0n) is 10.1. The summed E-state index contributed by atoms with van der Waals surface area (Å²) in [6.07, 6.45) is 6.86. The van der Waals surface area contributed by atoms with Crippen LogP contribution < -0.4 is 5.73 Å². The standard InChI is InChI=1S/C11H17N3OS3/c12-9(15)7-17-11-14-13-10(18-11)16-6-8-4-2-1-3-5-8/h8H,1-7H2,(H2,12,15). The molecule has 7 heteroatoms. The van der Waals surface area contributed by atoms with E-state index in [9.17, 15) is 4.79 Å². The monoisotopic (exact) mass is 303 g/mol. The zero-order valence-corrected chi connectivity index (χ0v) is 12.6. The number of nitrogens with zero attached hydrogens (tertiary/aromatic N) is 2. The van der Waals surface area contributed by atoms with Crippen LogP contribution in [0.4, 0.5) is 0 Å². The molecule has 1 aromatic heterocycles. The maximum absolute atomic E-state index is 10.7. The summed E-state index contributed by atoms with van der Waals surface area (Å²) >= 11 is 4.72. The van der Waals surface area contributed by atoms with Gasteiger partial charge in [-0.3, -0.25) is 4.79 Å². The average molecular weight is 303 g/mol. The van der Waals surface area contributed by atoms with E-state index >= 15 is 0 Å². The Balaban J connectivity index is 1.73. The molecule has 0 unspecified atom stereocenters. The first-order valence-corrected chi connectivity index (χ1v) is 8.90. The van der Waals surface area contributed by atoms with E-state index in [1.165, 1.54) is 43.9 Å². The minimum Gasteiger partial charge on any atom is -0.369 e. The summed E-state index contributed by atoms with van der Waals surface area (Å²) in [5.74, 6) is 1.96. The van der Waals surface area contributed by atoms with Crippen LogP contribution in [0.1, 0.15) is 32.1 Å².